The van der Waals surface area contributed by atoms with E-state index in [2.05, 4.69) is 10.0 Å². The van der Waals surface area contributed by atoms with Gasteiger partial charge in [0.15, 0.2) is 0 Å². The molecule has 0 amide bonds. The standard InChI is InChI=1S/C13H25N3O3S/c1-4-16-11-13(9-12(16)10-14-2)20(17,18)15-7-5-6-8-19-3/h9,11,14-15H,4-8,10H2,1-3H3. The smallest absolute Gasteiger partial charge is 0.242 e. The molecule has 1 rings (SSSR count). The minimum absolute atomic E-state index is 0.330. The molecule has 0 unspecified atom stereocenters. The maximum absolute atomic E-state index is 12.2. The third-order valence-electron chi connectivity index (χ3n) is 3.04. The van der Waals surface area contributed by atoms with Crippen molar-refractivity contribution in [3.05, 3.63) is 18.0 Å². The number of hydrogen-bond donors (Lipinski definition) is 2. The summed E-state index contributed by atoms with van der Waals surface area (Å²) in [6, 6.07) is 1.72. The number of unbranched alkanes of at least 4 members (excludes halogenated alkanes) is 1. The first kappa shape index (κ1) is 17.2. The number of methoxy groups -OCH3 is 1. The number of nitrogens with zero attached hydrogens (tertiary/aromatic N) is 1. The molecule has 0 saturated carbocycles. The number of nitrogens with one attached hydrogen (secondary N) is 2. The van der Waals surface area contributed by atoms with Gasteiger partial charge in [0.1, 0.15) is 0 Å². The second-order valence-corrected chi connectivity index (χ2v) is 6.35. The fourth-order valence-electron chi connectivity index (χ4n) is 1.96. The third kappa shape index (κ3) is 4.90. The molecular formula is C13H25N3O3S. The van der Waals surface area contributed by atoms with Crippen molar-refractivity contribution in [1.82, 2.24) is 14.6 Å². The topological polar surface area (TPSA) is 72.4 Å². The molecule has 0 aliphatic rings. The molecule has 20 heavy (non-hydrogen) atoms. The van der Waals surface area contributed by atoms with Crippen molar-refractivity contribution in [2.45, 2.75) is 37.8 Å². The summed E-state index contributed by atoms with van der Waals surface area (Å²) >= 11 is 0. The Hall–Kier alpha value is -0.890. The quantitative estimate of drug-likeness (QED) is 0.631. The Morgan fingerprint density at radius 3 is 2.70 bits per heavy atom. The summed E-state index contributed by atoms with van der Waals surface area (Å²) in [5, 5.41) is 3.04. The van der Waals surface area contributed by atoms with Gasteiger partial charge in [0, 0.05) is 45.2 Å². The Labute approximate surface area is 121 Å². The van der Waals surface area contributed by atoms with Gasteiger partial charge in [0.25, 0.3) is 0 Å². The Morgan fingerprint density at radius 2 is 2.10 bits per heavy atom. The van der Waals surface area contributed by atoms with E-state index in [1.165, 1.54) is 0 Å². The van der Waals surface area contributed by atoms with E-state index in [0.717, 1.165) is 25.1 Å². The van der Waals surface area contributed by atoms with Crippen LogP contribution in [0.15, 0.2) is 17.2 Å². The van der Waals surface area contributed by atoms with Crippen LogP contribution in [0.4, 0.5) is 0 Å². The highest BCUT2D eigenvalue weighted by Gasteiger charge is 2.17. The van der Waals surface area contributed by atoms with E-state index in [0.29, 0.717) is 24.6 Å². The average Bonchev–Trinajstić information content (AvgIpc) is 2.83. The second kappa shape index (κ2) is 8.41. The zero-order valence-corrected chi connectivity index (χ0v) is 13.3. The third-order valence-corrected chi connectivity index (χ3v) is 4.47. The van der Waals surface area contributed by atoms with Crippen molar-refractivity contribution in [2.75, 3.05) is 27.3 Å². The van der Waals surface area contributed by atoms with E-state index in [9.17, 15) is 8.42 Å². The maximum Gasteiger partial charge on any atom is 0.242 e. The van der Waals surface area contributed by atoms with Crippen LogP contribution in [-0.2, 0) is 27.8 Å². The minimum atomic E-state index is -3.42. The molecule has 1 aromatic rings. The lowest BCUT2D eigenvalue weighted by atomic mass is 10.3. The molecule has 6 nitrogen and oxygen atoms in total. The Kier molecular flexibility index (Phi) is 7.22. The molecule has 0 aromatic carbocycles. The number of sulfonamides is 1. The van der Waals surface area contributed by atoms with Crippen LogP contribution < -0.4 is 10.0 Å². The molecule has 0 radical (unpaired) electrons. The summed E-state index contributed by atoms with van der Waals surface area (Å²) < 4.78 is 33.8. The fraction of sp³-hybridized carbons (Fsp3) is 0.692. The van der Waals surface area contributed by atoms with Crippen LogP contribution in [0.25, 0.3) is 0 Å². The number of aryl methyl sites for hydroxylation is 1. The van der Waals surface area contributed by atoms with Gasteiger partial charge >= 0.3 is 0 Å². The summed E-state index contributed by atoms with van der Waals surface area (Å²) in [6.07, 6.45) is 3.30. The van der Waals surface area contributed by atoms with Gasteiger partial charge in [-0.05, 0) is 32.9 Å². The van der Waals surface area contributed by atoms with Gasteiger partial charge in [-0.2, -0.15) is 0 Å². The van der Waals surface area contributed by atoms with Crippen molar-refractivity contribution in [3.63, 3.8) is 0 Å². The Bertz CT molecular complexity index is 497. The van der Waals surface area contributed by atoms with Crippen LogP contribution >= 0.6 is 0 Å². The first-order chi connectivity index (χ1) is 9.55. The molecule has 116 valence electrons. The van der Waals surface area contributed by atoms with Gasteiger partial charge in [-0.3, -0.25) is 0 Å². The van der Waals surface area contributed by atoms with Crippen molar-refractivity contribution in [1.29, 1.82) is 0 Å². The van der Waals surface area contributed by atoms with E-state index in [1.807, 2.05) is 18.5 Å². The second-order valence-electron chi connectivity index (χ2n) is 4.58. The van der Waals surface area contributed by atoms with Crippen LogP contribution in [0.2, 0.25) is 0 Å². The van der Waals surface area contributed by atoms with Crippen LogP contribution in [-0.4, -0.2) is 40.3 Å². The lowest BCUT2D eigenvalue weighted by Crippen LogP contribution is -2.24. The summed E-state index contributed by atoms with van der Waals surface area (Å²) in [5.74, 6) is 0. The van der Waals surface area contributed by atoms with Gasteiger partial charge in [-0.15, -0.1) is 0 Å². The Morgan fingerprint density at radius 1 is 1.35 bits per heavy atom. The normalized spacial score (nSPS) is 11.9. The minimum Gasteiger partial charge on any atom is -0.385 e. The molecule has 0 atom stereocenters. The van der Waals surface area contributed by atoms with E-state index < -0.39 is 10.0 Å². The summed E-state index contributed by atoms with van der Waals surface area (Å²) in [7, 11) is 0.0653. The number of hydrogen-bond acceptors (Lipinski definition) is 4. The highest BCUT2D eigenvalue weighted by Crippen LogP contribution is 2.14. The Balaban J connectivity index is 2.67. The van der Waals surface area contributed by atoms with Gasteiger partial charge in [0.2, 0.25) is 10.0 Å². The van der Waals surface area contributed by atoms with Crippen molar-refractivity contribution in [3.8, 4) is 0 Å². The summed E-state index contributed by atoms with van der Waals surface area (Å²) in [4.78, 5) is 0.330. The van der Waals surface area contributed by atoms with Gasteiger partial charge in [-0.1, -0.05) is 0 Å². The van der Waals surface area contributed by atoms with Gasteiger partial charge < -0.3 is 14.6 Å². The lowest BCUT2D eigenvalue weighted by Gasteiger charge is -2.04. The highest BCUT2D eigenvalue weighted by molar-refractivity contribution is 7.89. The van der Waals surface area contributed by atoms with Crippen LogP contribution in [0.5, 0.6) is 0 Å². The molecule has 0 spiro atoms. The van der Waals surface area contributed by atoms with Gasteiger partial charge in [0.05, 0.1) is 4.90 Å². The largest absolute Gasteiger partial charge is 0.385 e. The number of rotatable bonds is 10. The molecule has 7 heteroatoms. The molecule has 0 aliphatic carbocycles. The number of ether oxygens (including phenoxy) is 1. The molecule has 0 fully saturated rings. The molecule has 0 saturated heterocycles. The SMILES string of the molecule is CCn1cc(S(=O)(=O)NCCCCOC)cc1CNC. The van der Waals surface area contributed by atoms with Crippen LogP contribution in [0.1, 0.15) is 25.5 Å². The predicted octanol–water partition coefficient (Wildman–Crippen LogP) is 0.932. The zero-order valence-electron chi connectivity index (χ0n) is 12.5. The average molecular weight is 303 g/mol. The van der Waals surface area contributed by atoms with E-state index in [1.54, 1.807) is 19.4 Å². The lowest BCUT2D eigenvalue weighted by molar-refractivity contribution is 0.193. The van der Waals surface area contributed by atoms with Crippen molar-refractivity contribution < 1.29 is 13.2 Å². The van der Waals surface area contributed by atoms with Crippen molar-refractivity contribution in [2.24, 2.45) is 0 Å². The predicted molar refractivity (Wildman–Crippen MR) is 79.2 cm³/mol. The van der Waals surface area contributed by atoms with E-state index in [4.69, 9.17) is 4.74 Å². The zero-order chi connectivity index (χ0) is 15.0. The molecule has 0 aliphatic heterocycles. The van der Waals surface area contributed by atoms with Crippen LogP contribution in [0, 0.1) is 0 Å². The summed E-state index contributed by atoms with van der Waals surface area (Å²) in [5.41, 5.74) is 0.967. The molecule has 1 heterocycles. The summed E-state index contributed by atoms with van der Waals surface area (Å²) in [6.45, 7) is 4.48. The van der Waals surface area contributed by atoms with Gasteiger partial charge in [-0.25, -0.2) is 13.1 Å². The maximum atomic E-state index is 12.2. The molecule has 1 aromatic heterocycles. The van der Waals surface area contributed by atoms with Crippen molar-refractivity contribution >= 4 is 10.0 Å². The fourth-order valence-corrected chi connectivity index (χ4v) is 3.09. The first-order valence-electron chi connectivity index (χ1n) is 6.87. The molecule has 2 N–H and O–H groups in total. The molecular weight excluding hydrogens is 278 g/mol. The van der Waals surface area contributed by atoms with E-state index >= 15 is 0 Å². The first-order valence-corrected chi connectivity index (χ1v) is 8.35. The monoisotopic (exact) mass is 303 g/mol. The highest BCUT2D eigenvalue weighted by atomic mass is 32.2. The molecule has 0 bridgehead atoms. The van der Waals surface area contributed by atoms with E-state index in [-0.39, 0.29) is 0 Å². The number of aromatic nitrogens is 1. The van der Waals surface area contributed by atoms with Crippen LogP contribution in [0.3, 0.4) is 0 Å².